The van der Waals surface area contributed by atoms with Crippen LogP contribution in [0.2, 0.25) is 0 Å². The van der Waals surface area contributed by atoms with Crippen molar-refractivity contribution in [3.8, 4) is 0 Å². The minimum absolute atomic E-state index is 0.228. The summed E-state index contributed by atoms with van der Waals surface area (Å²) in [6, 6.07) is 0. The number of esters is 1. The molecule has 148 valence electrons. The average molecular weight is 396 g/mol. The summed E-state index contributed by atoms with van der Waals surface area (Å²) in [5, 5.41) is 0. The first-order chi connectivity index (χ1) is 10.8. The van der Waals surface area contributed by atoms with Crippen molar-refractivity contribution in [2.24, 2.45) is 0 Å². The Kier molecular flexibility index (Phi) is 6.55. The molecule has 0 radical (unpaired) electrons. The summed E-state index contributed by atoms with van der Waals surface area (Å²) in [7, 11) is 0. The predicted molar refractivity (Wildman–Crippen MR) is 60.9 cm³/mol. The Bertz CT molecular complexity index is 490. The van der Waals surface area contributed by atoms with Gasteiger partial charge in [-0.05, 0) is 13.3 Å². The summed E-state index contributed by atoms with van der Waals surface area (Å²) in [5.41, 5.74) is -7.70. The minimum atomic E-state index is -7.47. The average Bonchev–Trinajstić information content (AvgIpc) is 2.39. The maximum absolute atomic E-state index is 13.3. The standard InChI is InChI=1S/C12H11F11O2/c1-6(2)7(24)25-5-3-4-8(13,14)10(16,17)9(15,11(18,19)20)12(21,22)23/h1,3-5H2,2H3. The zero-order chi connectivity index (χ0) is 20.5. The van der Waals surface area contributed by atoms with Crippen LogP contribution in [0, 0.1) is 0 Å². The van der Waals surface area contributed by atoms with E-state index in [1.54, 1.807) is 0 Å². The van der Waals surface area contributed by atoms with Crippen LogP contribution in [-0.4, -0.2) is 42.4 Å². The van der Waals surface area contributed by atoms with Gasteiger partial charge in [-0.2, -0.15) is 43.9 Å². The molecule has 0 fully saturated rings. The fourth-order valence-electron chi connectivity index (χ4n) is 1.51. The number of rotatable bonds is 7. The number of hydrogen-bond acceptors (Lipinski definition) is 2. The van der Waals surface area contributed by atoms with Gasteiger partial charge in [-0.15, -0.1) is 0 Å². The molecule has 0 heterocycles. The monoisotopic (exact) mass is 396 g/mol. The first-order valence-corrected chi connectivity index (χ1v) is 6.23. The molecule has 0 spiro atoms. The minimum Gasteiger partial charge on any atom is -0.462 e. The maximum Gasteiger partial charge on any atom is 0.438 e. The van der Waals surface area contributed by atoms with E-state index in [9.17, 15) is 53.1 Å². The van der Waals surface area contributed by atoms with E-state index >= 15 is 0 Å². The van der Waals surface area contributed by atoms with Crippen LogP contribution in [0.25, 0.3) is 0 Å². The van der Waals surface area contributed by atoms with Crippen LogP contribution >= 0.6 is 0 Å². The van der Waals surface area contributed by atoms with Crippen LogP contribution < -0.4 is 0 Å². The Morgan fingerprint density at radius 1 is 0.880 bits per heavy atom. The highest BCUT2D eigenvalue weighted by Crippen LogP contribution is 2.59. The molecular weight excluding hydrogens is 385 g/mol. The van der Waals surface area contributed by atoms with E-state index in [2.05, 4.69) is 11.3 Å². The van der Waals surface area contributed by atoms with Gasteiger partial charge in [0.05, 0.1) is 6.61 Å². The number of halogens is 11. The number of carbonyl (C=O) groups excluding carboxylic acids is 1. The molecule has 2 nitrogen and oxygen atoms in total. The zero-order valence-electron chi connectivity index (χ0n) is 12.3. The third kappa shape index (κ3) is 4.35. The van der Waals surface area contributed by atoms with Gasteiger partial charge in [-0.1, -0.05) is 6.58 Å². The largest absolute Gasteiger partial charge is 0.462 e. The van der Waals surface area contributed by atoms with Crippen molar-refractivity contribution in [3.05, 3.63) is 12.2 Å². The Balaban J connectivity index is 5.43. The first-order valence-electron chi connectivity index (χ1n) is 6.23. The summed E-state index contributed by atoms with van der Waals surface area (Å²) in [4.78, 5) is 10.9. The fraction of sp³-hybridized carbons (Fsp3) is 0.750. The van der Waals surface area contributed by atoms with E-state index in [4.69, 9.17) is 0 Å². The summed E-state index contributed by atoms with van der Waals surface area (Å²) in [6.45, 7) is 3.15. The summed E-state index contributed by atoms with van der Waals surface area (Å²) in [6.07, 6.45) is -18.3. The van der Waals surface area contributed by atoms with Crippen molar-refractivity contribution in [2.45, 2.75) is 49.6 Å². The third-order valence-corrected chi connectivity index (χ3v) is 2.89. The first kappa shape index (κ1) is 23.4. The van der Waals surface area contributed by atoms with E-state index in [0.29, 0.717) is 0 Å². The van der Waals surface area contributed by atoms with Gasteiger partial charge in [0.25, 0.3) is 0 Å². The maximum atomic E-state index is 13.3. The molecule has 0 saturated carbocycles. The van der Waals surface area contributed by atoms with Crippen molar-refractivity contribution in [2.75, 3.05) is 6.61 Å². The molecule has 0 unspecified atom stereocenters. The topological polar surface area (TPSA) is 26.3 Å². The molecule has 0 aromatic heterocycles. The normalized spacial score (nSPS) is 14.4. The Morgan fingerprint density at radius 3 is 1.60 bits per heavy atom. The lowest BCUT2D eigenvalue weighted by Gasteiger charge is -2.39. The van der Waals surface area contributed by atoms with Crippen LogP contribution in [-0.2, 0) is 9.53 Å². The fourth-order valence-corrected chi connectivity index (χ4v) is 1.51. The molecule has 0 aliphatic rings. The molecule has 13 heteroatoms. The van der Waals surface area contributed by atoms with E-state index in [0.717, 1.165) is 6.92 Å². The molecule has 0 rings (SSSR count). The van der Waals surface area contributed by atoms with Gasteiger partial charge in [-0.25, -0.2) is 9.18 Å². The molecule has 0 saturated heterocycles. The van der Waals surface area contributed by atoms with Crippen LogP contribution in [0.15, 0.2) is 12.2 Å². The highest BCUT2D eigenvalue weighted by molar-refractivity contribution is 5.86. The van der Waals surface area contributed by atoms with Gasteiger partial charge in [0.15, 0.2) is 0 Å². The molecule has 0 aromatic carbocycles. The van der Waals surface area contributed by atoms with Crippen LogP contribution in [0.4, 0.5) is 48.3 Å². The highest BCUT2D eigenvalue weighted by Gasteiger charge is 2.89. The van der Waals surface area contributed by atoms with Gasteiger partial charge in [-0.3, -0.25) is 0 Å². The van der Waals surface area contributed by atoms with Crippen molar-refractivity contribution >= 4 is 5.97 Å². The van der Waals surface area contributed by atoms with Gasteiger partial charge >= 0.3 is 35.8 Å². The molecule has 0 aliphatic heterocycles. The van der Waals surface area contributed by atoms with Gasteiger partial charge in [0.1, 0.15) is 0 Å². The molecule has 0 atom stereocenters. The molecule has 0 bridgehead atoms. The lowest BCUT2D eigenvalue weighted by Crippen LogP contribution is -2.70. The van der Waals surface area contributed by atoms with Crippen molar-refractivity contribution in [3.63, 3.8) is 0 Å². The highest BCUT2D eigenvalue weighted by atomic mass is 19.4. The van der Waals surface area contributed by atoms with Crippen molar-refractivity contribution in [1.82, 2.24) is 0 Å². The lowest BCUT2D eigenvalue weighted by molar-refractivity contribution is -0.427. The molecular formula is C12H11F11O2. The second-order valence-electron chi connectivity index (χ2n) is 4.95. The van der Waals surface area contributed by atoms with Crippen LogP contribution in [0.5, 0.6) is 0 Å². The Labute approximate surface area is 133 Å². The number of alkyl halides is 11. The number of carbonyl (C=O) groups is 1. The molecule has 25 heavy (non-hydrogen) atoms. The van der Waals surface area contributed by atoms with Gasteiger partial charge in [0, 0.05) is 12.0 Å². The van der Waals surface area contributed by atoms with E-state index in [1.807, 2.05) is 0 Å². The lowest BCUT2D eigenvalue weighted by atomic mass is 9.88. The predicted octanol–water partition coefficient (Wildman–Crippen LogP) is 4.99. The van der Waals surface area contributed by atoms with E-state index in [-0.39, 0.29) is 5.57 Å². The summed E-state index contributed by atoms with van der Waals surface area (Å²) in [5.74, 6) is -14.3. The SMILES string of the molecule is C=C(C)C(=O)OCCCC(F)(F)C(F)(F)C(F)(C(F)(F)F)C(F)(F)F. The van der Waals surface area contributed by atoms with Crippen LogP contribution in [0.1, 0.15) is 19.8 Å². The smallest absolute Gasteiger partial charge is 0.438 e. The molecule has 0 aliphatic carbocycles. The van der Waals surface area contributed by atoms with Crippen molar-refractivity contribution < 1.29 is 57.8 Å². The second-order valence-corrected chi connectivity index (χ2v) is 4.95. The summed E-state index contributed by atoms with van der Waals surface area (Å²) >= 11 is 0. The van der Waals surface area contributed by atoms with Gasteiger partial charge in [0.2, 0.25) is 0 Å². The van der Waals surface area contributed by atoms with Crippen molar-refractivity contribution in [1.29, 1.82) is 0 Å². The second kappa shape index (κ2) is 6.98. The third-order valence-electron chi connectivity index (χ3n) is 2.89. The number of hydrogen-bond donors (Lipinski definition) is 0. The quantitative estimate of drug-likeness (QED) is 0.262. The Hall–Kier alpha value is -1.56. The molecule has 0 amide bonds. The Morgan fingerprint density at radius 2 is 1.28 bits per heavy atom. The zero-order valence-corrected chi connectivity index (χ0v) is 12.3. The van der Waals surface area contributed by atoms with Gasteiger partial charge < -0.3 is 4.74 Å². The van der Waals surface area contributed by atoms with Crippen LogP contribution in [0.3, 0.4) is 0 Å². The summed E-state index contributed by atoms with van der Waals surface area (Å²) < 4.78 is 144. The number of ether oxygens (including phenoxy) is 1. The molecule has 0 N–H and O–H groups in total. The van der Waals surface area contributed by atoms with E-state index < -0.39 is 55.3 Å². The molecule has 0 aromatic rings. The van der Waals surface area contributed by atoms with E-state index in [1.165, 1.54) is 0 Å².